The zero-order valence-corrected chi connectivity index (χ0v) is 12.2. The maximum absolute atomic E-state index is 12.0. The van der Waals surface area contributed by atoms with Crippen molar-refractivity contribution in [3.8, 4) is 12.3 Å². The summed E-state index contributed by atoms with van der Waals surface area (Å²) in [5.41, 5.74) is 4.09. The van der Waals surface area contributed by atoms with Crippen molar-refractivity contribution in [1.29, 1.82) is 0 Å². The molecule has 2 aromatic carbocycles. The zero-order valence-electron chi connectivity index (χ0n) is 12.2. The Hall–Kier alpha value is -2.53. The van der Waals surface area contributed by atoms with Gasteiger partial charge in [0.25, 0.3) is 0 Å². The minimum atomic E-state index is 0.161. The first-order valence-electron chi connectivity index (χ1n) is 7.12. The summed E-state index contributed by atoms with van der Waals surface area (Å²) in [6.07, 6.45) is 6.69. The van der Waals surface area contributed by atoms with Crippen LogP contribution in [0, 0.1) is 12.3 Å². The first kappa shape index (κ1) is 14.9. The number of Topliss-reactive ketones (excluding diaryl/α,β-unsaturated/α-hetero) is 1. The molecule has 0 aliphatic rings. The van der Waals surface area contributed by atoms with E-state index in [0.29, 0.717) is 13.0 Å². The largest absolute Gasteiger partial charge is 0.378 e. The molecular weight excluding hydrogens is 258 g/mol. The number of terminal acetylenes is 1. The van der Waals surface area contributed by atoms with Crippen molar-refractivity contribution in [2.24, 2.45) is 0 Å². The minimum Gasteiger partial charge on any atom is -0.378 e. The Kier molecular flexibility index (Phi) is 5.17. The number of ketones is 1. The van der Waals surface area contributed by atoms with Crippen LogP contribution in [-0.2, 0) is 17.6 Å². The van der Waals surface area contributed by atoms with Gasteiger partial charge in [-0.25, -0.2) is 0 Å². The average molecular weight is 277 g/mol. The van der Waals surface area contributed by atoms with Crippen molar-refractivity contribution in [1.82, 2.24) is 0 Å². The van der Waals surface area contributed by atoms with Gasteiger partial charge in [0.05, 0.1) is 6.54 Å². The Bertz CT molecular complexity index is 650. The Morgan fingerprint density at radius 3 is 2.52 bits per heavy atom. The molecule has 21 heavy (non-hydrogen) atoms. The van der Waals surface area contributed by atoms with Crippen LogP contribution in [0.1, 0.15) is 23.6 Å². The second-order valence-electron chi connectivity index (χ2n) is 4.92. The van der Waals surface area contributed by atoms with Gasteiger partial charge in [-0.3, -0.25) is 4.79 Å². The summed E-state index contributed by atoms with van der Waals surface area (Å²) in [5, 5.41) is 3.22. The molecule has 2 nitrogen and oxygen atoms in total. The van der Waals surface area contributed by atoms with Crippen LogP contribution in [0.4, 0.5) is 5.69 Å². The van der Waals surface area contributed by atoms with Gasteiger partial charge < -0.3 is 5.32 Å². The Morgan fingerprint density at radius 1 is 1.14 bits per heavy atom. The summed E-state index contributed by atoms with van der Waals surface area (Å²) >= 11 is 0. The molecule has 0 spiro atoms. The summed E-state index contributed by atoms with van der Waals surface area (Å²) in [6, 6.07) is 15.6. The first-order chi connectivity index (χ1) is 10.2. The van der Waals surface area contributed by atoms with E-state index in [2.05, 4.69) is 24.2 Å². The predicted molar refractivity (Wildman–Crippen MR) is 87.4 cm³/mol. The number of benzene rings is 2. The Labute approximate surface area is 126 Å². The summed E-state index contributed by atoms with van der Waals surface area (Å²) in [6.45, 7) is 2.45. The van der Waals surface area contributed by atoms with E-state index in [9.17, 15) is 4.79 Å². The molecule has 0 radical (unpaired) electrons. The van der Waals surface area contributed by atoms with Gasteiger partial charge in [-0.05, 0) is 35.7 Å². The fourth-order valence-corrected chi connectivity index (χ4v) is 2.20. The van der Waals surface area contributed by atoms with E-state index in [1.807, 2.05) is 42.5 Å². The fourth-order valence-electron chi connectivity index (χ4n) is 2.20. The highest BCUT2D eigenvalue weighted by molar-refractivity contribution is 5.85. The van der Waals surface area contributed by atoms with Gasteiger partial charge in [-0.1, -0.05) is 43.2 Å². The van der Waals surface area contributed by atoms with E-state index in [1.54, 1.807) is 0 Å². The topological polar surface area (TPSA) is 29.1 Å². The summed E-state index contributed by atoms with van der Waals surface area (Å²) in [5.74, 6) is 2.73. The molecular formula is C19H19NO. The van der Waals surface area contributed by atoms with Gasteiger partial charge in [0.15, 0.2) is 5.78 Å². The van der Waals surface area contributed by atoms with Crippen molar-refractivity contribution in [2.75, 3.05) is 11.9 Å². The second kappa shape index (κ2) is 7.31. The van der Waals surface area contributed by atoms with Crippen molar-refractivity contribution in [3.05, 3.63) is 65.2 Å². The Balaban J connectivity index is 1.91. The van der Waals surface area contributed by atoms with Crippen molar-refractivity contribution in [2.45, 2.75) is 19.8 Å². The number of rotatable bonds is 6. The number of anilines is 1. The lowest BCUT2D eigenvalue weighted by molar-refractivity contribution is -0.116. The lowest BCUT2D eigenvalue weighted by Gasteiger charge is -2.10. The molecule has 0 aromatic heterocycles. The SMILES string of the molecule is C#Cc1ccc(CC(=O)CNc2ccccc2CC)cc1. The monoisotopic (exact) mass is 277 g/mol. The fraction of sp³-hybridized carbons (Fsp3) is 0.211. The number of para-hydroxylation sites is 1. The van der Waals surface area contributed by atoms with Crippen LogP contribution in [-0.4, -0.2) is 12.3 Å². The highest BCUT2D eigenvalue weighted by Crippen LogP contribution is 2.15. The van der Waals surface area contributed by atoms with Gasteiger partial charge in [-0.15, -0.1) is 6.42 Å². The second-order valence-corrected chi connectivity index (χ2v) is 4.92. The molecule has 0 unspecified atom stereocenters. The van der Waals surface area contributed by atoms with Crippen LogP contribution in [0.2, 0.25) is 0 Å². The highest BCUT2D eigenvalue weighted by Gasteiger charge is 2.05. The van der Waals surface area contributed by atoms with E-state index in [0.717, 1.165) is 23.2 Å². The smallest absolute Gasteiger partial charge is 0.156 e. The molecule has 2 heteroatoms. The molecule has 0 bridgehead atoms. The molecule has 0 atom stereocenters. The number of aryl methyl sites for hydroxylation is 1. The maximum atomic E-state index is 12.0. The maximum Gasteiger partial charge on any atom is 0.156 e. The summed E-state index contributed by atoms with van der Waals surface area (Å²) in [7, 11) is 0. The molecule has 1 N–H and O–H groups in total. The number of hydrogen-bond donors (Lipinski definition) is 1. The van der Waals surface area contributed by atoms with Crippen LogP contribution >= 0.6 is 0 Å². The van der Waals surface area contributed by atoms with Crippen molar-refractivity contribution in [3.63, 3.8) is 0 Å². The van der Waals surface area contributed by atoms with Crippen LogP contribution < -0.4 is 5.32 Å². The van der Waals surface area contributed by atoms with Crippen LogP contribution in [0.15, 0.2) is 48.5 Å². The lowest BCUT2D eigenvalue weighted by atomic mass is 10.1. The average Bonchev–Trinajstić information content (AvgIpc) is 2.54. The van der Waals surface area contributed by atoms with Gasteiger partial charge >= 0.3 is 0 Å². The molecule has 0 saturated carbocycles. The third-order valence-electron chi connectivity index (χ3n) is 3.40. The van der Waals surface area contributed by atoms with E-state index in [4.69, 9.17) is 6.42 Å². The Morgan fingerprint density at radius 2 is 1.86 bits per heavy atom. The lowest BCUT2D eigenvalue weighted by Crippen LogP contribution is -2.16. The predicted octanol–water partition coefficient (Wildman–Crippen LogP) is 3.45. The molecule has 0 fully saturated rings. The molecule has 106 valence electrons. The molecule has 0 aliphatic heterocycles. The minimum absolute atomic E-state index is 0.161. The first-order valence-corrected chi connectivity index (χ1v) is 7.12. The standard InChI is InChI=1S/C19H19NO/c1-3-15-9-11-16(12-10-15)13-18(21)14-20-19-8-6-5-7-17(19)4-2/h1,5-12,20H,4,13-14H2,2H3. The molecule has 0 amide bonds. The van der Waals surface area contributed by atoms with Gasteiger partial charge in [0.1, 0.15) is 0 Å². The molecule has 0 saturated heterocycles. The number of carbonyl (C=O) groups excluding carboxylic acids is 1. The number of nitrogens with one attached hydrogen (secondary N) is 1. The third kappa shape index (κ3) is 4.22. The van der Waals surface area contributed by atoms with E-state index < -0.39 is 0 Å². The van der Waals surface area contributed by atoms with Gasteiger partial charge in [0, 0.05) is 17.7 Å². The third-order valence-corrected chi connectivity index (χ3v) is 3.40. The van der Waals surface area contributed by atoms with Crippen LogP contribution in [0.25, 0.3) is 0 Å². The molecule has 2 aromatic rings. The quantitative estimate of drug-likeness (QED) is 0.819. The van der Waals surface area contributed by atoms with Gasteiger partial charge in [0.2, 0.25) is 0 Å². The van der Waals surface area contributed by atoms with Gasteiger partial charge in [-0.2, -0.15) is 0 Å². The van der Waals surface area contributed by atoms with Crippen molar-refractivity contribution >= 4 is 11.5 Å². The number of carbonyl (C=O) groups is 1. The summed E-state index contributed by atoms with van der Waals surface area (Å²) < 4.78 is 0. The normalized spacial score (nSPS) is 9.90. The van der Waals surface area contributed by atoms with Crippen LogP contribution in [0.3, 0.4) is 0 Å². The summed E-state index contributed by atoms with van der Waals surface area (Å²) in [4.78, 5) is 12.0. The van der Waals surface area contributed by atoms with E-state index >= 15 is 0 Å². The molecule has 0 heterocycles. The zero-order chi connectivity index (χ0) is 15.1. The molecule has 0 aliphatic carbocycles. The molecule has 2 rings (SSSR count). The van der Waals surface area contributed by atoms with E-state index in [-0.39, 0.29) is 5.78 Å². The van der Waals surface area contributed by atoms with Crippen molar-refractivity contribution < 1.29 is 4.79 Å². The highest BCUT2D eigenvalue weighted by atomic mass is 16.1. The van der Waals surface area contributed by atoms with Crippen LogP contribution in [0.5, 0.6) is 0 Å². The number of hydrogen-bond acceptors (Lipinski definition) is 2. The van der Waals surface area contributed by atoms with E-state index in [1.165, 1.54) is 5.56 Å².